The van der Waals surface area contributed by atoms with E-state index in [1.165, 1.54) is 27.4 Å². The number of nitrogens with zero attached hydrogens (tertiary/aromatic N) is 4. The van der Waals surface area contributed by atoms with Gasteiger partial charge in [0.15, 0.2) is 5.84 Å². The molecule has 0 spiro atoms. The lowest BCUT2D eigenvalue weighted by Gasteiger charge is -2.29. The molecule has 1 N–H and O–H groups in total. The van der Waals surface area contributed by atoms with Gasteiger partial charge in [-0.15, -0.1) is 0 Å². The van der Waals surface area contributed by atoms with Crippen molar-refractivity contribution < 1.29 is 0 Å². The maximum atomic E-state index is 5.15. The fourth-order valence-corrected chi connectivity index (χ4v) is 8.49. The third kappa shape index (κ3) is 5.80. The number of hydrogen-bond donors (Lipinski definition) is 1. The van der Waals surface area contributed by atoms with E-state index in [0.717, 1.165) is 62.0 Å². The molecule has 0 amide bonds. The Kier molecular flexibility index (Phi) is 8.14. The number of fused-ring (bicyclic) bond motifs is 5. The van der Waals surface area contributed by atoms with E-state index in [2.05, 4.69) is 203 Å². The maximum Gasteiger partial charge on any atom is 0.159 e. The summed E-state index contributed by atoms with van der Waals surface area (Å²) in [4.78, 5) is 12.6. The first-order valence-electron chi connectivity index (χ1n) is 19.7. The van der Waals surface area contributed by atoms with E-state index in [0.29, 0.717) is 5.84 Å². The monoisotopic (exact) mass is 743 g/mol. The van der Waals surface area contributed by atoms with Crippen LogP contribution in [0.25, 0.3) is 50.8 Å². The first-order valence-corrected chi connectivity index (χ1v) is 19.7. The van der Waals surface area contributed by atoms with Crippen molar-refractivity contribution in [1.82, 2.24) is 9.88 Å². The van der Waals surface area contributed by atoms with Gasteiger partial charge in [-0.3, -0.25) is 0 Å². The van der Waals surface area contributed by atoms with Crippen LogP contribution in [0.15, 0.2) is 210 Å². The second-order valence-corrected chi connectivity index (χ2v) is 14.7. The van der Waals surface area contributed by atoms with Crippen LogP contribution in [-0.4, -0.2) is 16.2 Å². The van der Waals surface area contributed by atoms with Crippen molar-refractivity contribution in [2.75, 3.05) is 4.90 Å². The second-order valence-electron chi connectivity index (χ2n) is 14.7. The van der Waals surface area contributed by atoms with Crippen molar-refractivity contribution in [3.05, 3.63) is 228 Å². The maximum absolute atomic E-state index is 5.15. The Labute approximate surface area is 337 Å². The lowest BCUT2D eigenvalue weighted by Crippen LogP contribution is -2.33. The molecule has 1 aromatic heterocycles. The summed E-state index contributed by atoms with van der Waals surface area (Å²) in [5, 5.41) is 6.14. The Morgan fingerprint density at radius 3 is 1.97 bits per heavy atom. The van der Waals surface area contributed by atoms with E-state index in [4.69, 9.17) is 9.98 Å². The standard InChI is InChI=1S/C53H37N5/c1-4-17-38(18-5-1)51-54-52(39-19-6-2-7-20-39)56-53(55-51)41-21-14-24-43(34-41)58-46-27-12-10-16-36(46)30-31-37-32-33-40(35-49(37)58)44-26-15-29-48-50(44)45-25-11-13-28-47(45)57(48)42-22-8-3-9-23-42/h1-35,51H,(H,54,55,56). The predicted octanol–water partition coefficient (Wildman–Crippen LogP) is 12.9. The Hall–Kier alpha value is -7.76. The molecular weight excluding hydrogens is 707 g/mol. The molecule has 0 saturated heterocycles. The third-order valence-electron chi connectivity index (χ3n) is 11.2. The smallest absolute Gasteiger partial charge is 0.159 e. The highest BCUT2D eigenvalue weighted by Crippen LogP contribution is 2.45. The van der Waals surface area contributed by atoms with Crippen LogP contribution >= 0.6 is 0 Å². The minimum atomic E-state index is -0.283. The molecule has 3 heterocycles. The summed E-state index contributed by atoms with van der Waals surface area (Å²) < 4.78 is 2.38. The molecule has 0 bridgehead atoms. The molecule has 0 saturated carbocycles. The molecule has 2 aliphatic rings. The van der Waals surface area contributed by atoms with Crippen molar-refractivity contribution >= 4 is 62.7 Å². The van der Waals surface area contributed by atoms with Gasteiger partial charge in [-0.1, -0.05) is 164 Å². The quantitative estimate of drug-likeness (QED) is 0.184. The fraction of sp³-hybridized carbons (Fsp3) is 0.0189. The van der Waals surface area contributed by atoms with Crippen LogP contribution in [0.3, 0.4) is 0 Å². The highest BCUT2D eigenvalue weighted by Gasteiger charge is 2.25. The van der Waals surface area contributed by atoms with Crippen LogP contribution in [0.1, 0.15) is 34.0 Å². The molecule has 5 nitrogen and oxygen atoms in total. The number of hydrogen-bond acceptors (Lipinski definition) is 4. The molecule has 274 valence electrons. The van der Waals surface area contributed by atoms with Gasteiger partial charge in [-0.05, 0) is 76.3 Å². The van der Waals surface area contributed by atoms with Gasteiger partial charge in [0.05, 0.1) is 22.4 Å². The molecule has 0 fully saturated rings. The van der Waals surface area contributed by atoms with Gasteiger partial charge in [0.25, 0.3) is 0 Å². The number of anilines is 3. The molecule has 5 heteroatoms. The molecule has 8 aromatic carbocycles. The van der Waals surface area contributed by atoms with Gasteiger partial charge in [-0.2, -0.15) is 0 Å². The van der Waals surface area contributed by atoms with Gasteiger partial charge < -0.3 is 14.8 Å². The number of aliphatic imine (C=N–C) groups is 2. The molecule has 1 atom stereocenters. The molecule has 1 unspecified atom stereocenters. The van der Waals surface area contributed by atoms with Crippen LogP contribution in [0, 0.1) is 0 Å². The Morgan fingerprint density at radius 2 is 1.12 bits per heavy atom. The van der Waals surface area contributed by atoms with Crippen molar-refractivity contribution in [1.29, 1.82) is 0 Å². The zero-order chi connectivity index (χ0) is 38.4. The highest BCUT2D eigenvalue weighted by atomic mass is 15.2. The molecule has 0 aliphatic carbocycles. The topological polar surface area (TPSA) is 44.9 Å². The molecule has 11 rings (SSSR count). The number of aromatic nitrogens is 1. The summed E-state index contributed by atoms with van der Waals surface area (Å²) in [5.41, 5.74) is 14.4. The average Bonchev–Trinajstić information content (AvgIpc) is 3.55. The van der Waals surface area contributed by atoms with Crippen LogP contribution in [0.4, 0.5) is 17.1 Å². The van der Waals surface area contributed by atoms with E-state index in [1.807, 2.05) is 24.3 Å². The predicted molar refractivity (Wildman–Crippen MR) is 242 cm³/mol. The van der Waals surface area contributed by atoms with E-state index in [9.17, 15) is 0 Å². The van der Waals surface area contributed by atoms with E-state index in [1.54, 1.807) is 0 Å². The van der Waals surface area contributed by atoms with Crippen molar-refractivity contribution in [3.63, 3.8) is 0 Å². The van der Waals surface area contributed by atoms with Crippen LogP contribution in [0.5, 0.6) is 0 Å². The van der Waals surface area contributed by atoms with E-state index in [-0.39, 0.29) is 6.17 Å². The zero-order valence-corrected chi connectivity index (χ0v) is 31.6. The number of para-hydroxylation sites is 3. The summed E-state index contributed by atoms with van der Waals surface area (Å²) in [6.45, 7) is 0. The van der Waals surface area contributed by atoms with Crippen molar-refractivity contribution in [2.24, 2.45) is 9.98 Å². The third-order valence-corrected chi connectivity index (χ3v) is 11.2. The van der Waals surface area contributed by atoms with Gasteiger partial charge in [0, 0.05) is 33.3 Å². The number of rotatable bonds is 6. The first kappa shape index (κ1) is 33.6. The van der Waals surface area contributed by atoms with Crippen LogP contribution in [0.2, 0.25) is 0 Å². The Balaban J connectivity index is 1.07. The number of benzene rings is 8. The van der Waals surface area contributed by atoms with E-state index >= 15 is 0 Å². The molecule has 58 heavy (non-hydrogen) atoms. The zero-order valence-electron chi connectivity index (χ0n) is 31.6. The fourth-order valence-electron chi connectivity index (χ4n) is 8.49. The largest absolute Gasteiger partial charge is 0.344 e. The summed E-state index contributed by atoms with van der Waals surface area (Å²) >= 11 is 0. The SMILES string of the molecule is C1=Cc2ccc(-c3cccc4c3c3ccccc3n4-c3ccccc3)cc2N(c2cccc(C3=NC(c4ccccc4)=NC(c4ccccc4)N3)c2)c2ccccc21. The average molecular weight is 744 g/mol. The number of nitrogens with one attached hydrogen (secondary N) is 1. The van der Waals surface area contributed by atoms with E-state index < -0.39 is 0 Å². The summed E-state index contributed by atoms with van der Waals surface area (Å²) in [6, 6.07) is 70.9. The van der Waals surface area contributed by atoms with Gasteiger partial charge in [-0.25, -0.2) is 9.98 Å². The van der Waals surface area contributed by atoms with Crippen LogP contribution < -0.4 is 10.2 Å². The number of amidine groups is 2. The van der Waals surface area contributed by atoms with Crippen LogP contribution in [-0.2, 0) is 0 Å². The highest BCUT2D eigenvalue weighted by molar-refractivity contribution is 6.16. The van der Waals surface area contributed by atoms with Gasteiger partial charge in [0.2, 0.25) is 0 Å². The second kappa shape index (κ2) is 14.1. The Bertz CT molecular complexity index is 3090. The minimum absolute atomic E-state index is 0.283. The first-order chi connectivity index (χ1) is 28.8. The summed E-state index contributed by atoms with van der Waals surface area (Å²) in [5.74, 6) is 1.48. The van der Waals surface area contributed by atoms with Gasteiger partial charge >= 0.3 is 0 Å². The molecular formula is C53H37N5. The summed E-state index contributed by atoms with van der Waals surface area (Å²) in [7, 11) is 0. The van der Waals surface area contributed by atoms with Gasteiger partial charge in [0.1, 0.15) is 12.0 Å². The van der Waals surface area contributed by atoms with Crippen molar-refractivity contribution in [2.45, 2.75) is 6.17 Å². The normalized spacial score (nSPS) is 14.6. The van der Waals surface area contributed by atoms with Crippen molar-refractivity contribution in [3.8, 4) is 16.8 Å². The minimum Gasteiger partial charge on any atom is -0.344 e. The molecule has 2 aliphatic heterocycles. The Morgan fingerprint density at radius 1 is 0.466 bits per heavy atom. The lowest BCUT2D eigenvalue weighted by atomic mass is 9.97. The molecule has 9 aromatic rings. The lowest BCUT2D eigenvalue weighted by molar-refractivity contribution is 0.674. The summed E-state index contributed by atoms with van der Waals surface area (Å²) in [6.07, 6.45) is 4.18. The molecule has 0 radical (unpaired) electrons.